The third kappa shape index (κ3) is 4.61. The van der Waals surface area contributed by atoms with Crippen LogP contribution in [0.15, 0.2) is 30.5 Å². The van der Waals surface area contributed by atoms with Gasteiger partial charge in [-0.05, 0) is 45.4 Å². The molecule has 0 aromatic carbocycles. The van der Waals surface area contributed by atoms with Crippen molar-refractivity contribution < 1.29 is 28.5 Å². The first kappa shape index (κ1) is 23.3. The summed E-state index contributed by atoms with van der Waals surface area (Å²) in [6, 6.07) is 6.35. The molecule has 35 heavy (non-hydrogen) atoms. The zero-order valence-electron chi connectivity index (χ0n) is 20.2. The number of esters is 1. The Balaban J connectivity index is 1.32. The Bertz CT molecular complexity index is 1160. The summed E-state index contributed by atoms with van der Waals surface area (Å²) in [5, 5.41) is 2.85. The lowest BCUT2D eigenvalue weighted by Crippen LogP contribution is -2.48. The molecule has 11 heteroatoms. The van der Waals surface area contributed by atoms with Gasteiger partial charge in [-0.1, -0.05) is 0 Å². The van der Waals surface area contributed by atoms with Crippen LogP contribution in [0.5, 0.6) is 5.75 Å². The summed E-state index contributed by atoms with van der Waals surface area (Å²) >= 11 is 0. The number of pyridine rings is 2. The number of amides is 2. The van der Waals surface area contributed by atoms with Crippen LogP contribution in [0.25, 0.3) is 0 Å². The summed E-state index contributed by atoms with van der Waals surface area (Å²) in [7, 11) is 1.30. The topological polar surface area (TPSA) is 115 Å². The molecule has 0 radical (unpaired) electrons. The largest absolute Gasteiger partial charge is 0.490 e. The Hall–Kier alpha value is -3.44. The van der Waals surface area contributed by atoms with Crippen molar-refractivity contribution >= 4 is 29.3 Å². The van der Waals surface area contributed by atoms with E-state index in [0.717, 1.165) is 18.7 Å². The number of methoxy groups -OCH3 is 1. The smallest absolute Gasteiger partial charge is 0.356 e. The maximum Gasteiger partial charge on any atom is 0.356 e. The van der Waals surface area contributed by atoms with Gasteiger partial charge in [0.25, 0.3) is 0 Å². The first-order valence-electron chi connectivity index (χ1n) is 11.5. The van der Waals surface area contributed by atoms with Crippen molar-refractivity contribution in [1.82, 2.24) is 9.97 Å². The van der Waals surface area contributed by atoms with Gasteiger partial charge < -0.3 is 23.8 Å². The lowest BCUT2D eigenvalue weighted by molar-refractivity contribution is -0.162. The minimum Gasteiger partial charge on any atom is -0.490 e. The highest BCUT2D eigenvalue weighted by Gasteiger charge is 2.43. The molecule has 2 bridgehead atoms. The summed E-state index contributed by atoms with van der Waals surface area (Å²) in [6.07, 6.45) is 2.36. The van der Waals surface area contributed by atoms with E-state index in [-0.39, 0.29) is 24.4 Å². The van der Waals surface area contributed by atoms with Crippen LogP contribution < -0.4 is 19.9 Å². The third-order valence-electron chi connectivity index (χ3n) is 6.29. The fraction of sp³-hybridized carbons (Fsp3) is 0.500. The standard InChI is InChI=1S/C24H29N5O6/c1-23(2)34-14-24(3,35-23)13-33-16-7-9-25-19(11-16)27-22(31)29-15-8-10-28(12-15)18-6-5-17(21(30)32-4)26-20(18)29/h5-7,9,11,15H,8,10,12-14H2,1-4H3,(H,25,27,31). The Morgan fingerprint density at radius 1 is 1.26 bits per heavy atom. The second-order valence-electron chi connectivity index (χ2n) is 9.63. The normalized spacial score (nSPS) is 24.2. The maximum atomic E-state index is 13.4. The van der Waals surface area contributed by atoms with E-state index in [2.05, 4.69) is 20.2 Å². The van der Waals surface area contributed by atoms with Gasteiger partial charge in [-0.25, -0.2) is 19.6 Å². The number of nitrogens with one attached hydrogen (secondary N) is 1. The van der Waals surface area contributed by atoms with E-state index in [1.807, 2.05) is 20.8 Å². The molecule has 11 nitrogen and oxygen atoms in total. The number of fused-ring (bicyclic) bond motifs is 4. The lowest BCUT2D eigenvalue weighted by Gasteiger charge is -2.35. The van der Waals surface area contributed by atoms with E-state index in [1.54, 1.807) is 35.4 Å². The minimum atomic E-state index is -0.655. The molecule has 3 aliphatic rings. The fourth-order valence-electron chi connectivity index (χ4n) is 4.71. The highest BCUT2D eigenvalue weighted by molar-refractivity contribution is 6.04. The van der Waals surface area contributed by atoms with Gasteiger partial charge in [0.05, 0.1) is 25.4 Å². The van der Waals surface area contributed by atoms with Gasteiger partial charge in [-0.15, -0.1) is 0 Å². The summed E-state index contributed by atoms with van der Waals surface area (Å²) < 4.78 is 22.3. The quantitative estimate of drug-likeness (QED) is 0.641. The molecule has 2 fully saturated rings. The van der Waals surface area contributed by atoms with E-state index in [0.29, 0.717) is 30.5 Å². The maximum absolute atomic E-state index is 13.4. The second-order valence-corrected chi connectivity index (χ2v) is 9.63. The number of carbonyl (C=O) groups excluding carboxylic acids is 2. The van der Waals surface area contributed by atoms with E-state index in [1.165, 1.54) is 7.11 Å². The molecule has 1 N–H and O–H groups in total. The number of carbonyl (C=O) groups is 2. The summed E-state index contributed by atoms with van der Waals surface area (Å²) in [6.45, 7) is 7.87. The molecular formula is C24H29N5O6. The van der Waals surface area contributed by atoms with Crippen LogP contribution in [-0.4, -0.2) is 72.8 Å². The lowest BCUT2D eigenvalue weighted by atomic mass is 10.1. The van der Waals surface area contributed by atoms with Gasteiger partial charge in [-0.2, -0.15) is 0 Å². The van der Waals surface area contributed by atoms with Gasteiger partial charge in [0.2, 0.25) is 0 Å². The first-order chi connectivity index (χ1) is 16.7. The summed E-state index contributed by atoms with van der Waals surface area (Å²) in [4.78, 5) is 37.9. The van der Waals surface area contributed by atoms with Crippen LogP contribution in [0, 0.1) is 0 Å². The Labute approximate surface area is 203 Å². The van der Waals surface area contributed by atoms with Crippen molar-refractivity contribution in [2.45, 2.75) is 44.6 Å². The molecule has 2 saturated heterocycles. The molecule has 0 aliphatic carbocycles. The van der Waals surface area contributed by atoms with Crippen LogP contribution in [0.1, 0.15) is 37.7 Å². The van der Waals surface area contributed by atoms with E-state index < -0.39 is 17.4 Å². The molecule has 2 aromatic heterocycles. The second kappa shape index (κ2) is 8.65. The van der Waals surface area contributed by atoms with Crippen LogP contribution in [-0.2, 0) is 14.2 Å². The van der Waals surface area contributed by atoms with Crippen molar-refractivity contribution in [2.75, 3.05) is 48.5 Å². The van der Waals surface area contributed by atoms with E-state index in [4.69, 9.17) is 18.9 Å². The van der Waals surface area contributed by atoms with E-state index >= 15 is 0 Å². The average Bonchev–Trinajstić information content (AvgIpc) is 3.37. The van der Waals surface area contributed by atoms with Gasteiger partial charge in [0.15, 0.2) is 17.3 Å². The van der Waals surface area contributed by atoms with Crippen molar-refractivity contribution in [2.24, 2.45) is 0 Å². The SMILES string of the molecule is COC(=O)c1ccc2c(n1)N(C(=O)Nc1cc(OCC3(C)COC(C)(C)O3)ccn1)C1CCN2C1. The Morgan fingerprint density at radius 3 is 2.83 bits per heavy atom. The molecule has 0 saturated carbocycles. The van der Waals surface area contributed by atoms with Gasteiger partial charge in [0.1, 0.15) is 23.8 Å². The van der Waals surface area contributed by atoms with Crippen LogP contribution in [0.4, 0.5) is 22.1 Å². The number of aromatic nitrogens is 2. The molecule has 186 valence electrons. The monoisotopic (exact) mass is 483 g/mol. The zero-order valence-corrected chi connectivity index (χ0v) is 20.2. The number of hydrogen-bond acceptors (Lipinski definition) is 9. The van der Waals surface area contributed by atoms with Crippen molar-refractivity contribution in [1.29, 1.82) is 0 Å². The highest BCUT2D eigenvalue weighted by atomic mass is 16.8. The number of urea groups is 1. The molecule has 2 atom stereocenters. The van der Waals surface area contributed by atoms with Gasteiger partial charge >= 0.3 is 12.0 Å². The van der Waals surface area contributed by atoms with Crippen molar-refractivity contribution in [3.63, 3.8) is 0 Å². The summed E-state index contributed by atoms with van der Waals surface area (Å²) in [5.74, 6) is 0.106. The van der Waals surface area contributed by atoms with E-state index in [9.17, 15) is 9.59 Å². The predicted octanol–water partition coefficient (Wildman–Crippen LogP) is 2.81. The molecule has 2 amide bonds. The van der Waals surface area contributed by atoms with Gasteiger partial charge in [-0.3, -0.25) is 10.2 Å². The van der Waals surface area contributed by atoms with Gasteiger partial charge in [0, 0.05) is 25.4 Å². The number of anilines is 3. The first-order valence-corrected chi connectivity index (χ1v) is 11.5. The fourth-order valence-corrected chi connectivity index (χ4v) is 4.71. The summed E-state index contributed by atoms with van der Waals surface area (Å²) in [5.41, 5.74) is 0.377. The van der Waals surface area contributed by atoms with Crippen molar-refractivity contribution in [3.8, 4) is 5.75 Å². The predicted molar refractivity (Wildman–Crippen MR) is 127 cm³/mol. The van der Waals surface area contributed by atoms with Crippen molar-refractivity contribution in [3.05, 3.63) is 36.2 Å². The molecule has 0 spiro atoms. The molecular weight excluding hydrogens is 454 g/mol. The number of rotatable bonds is 5. The van der Waals surface area contributed by atoms with Crippen LogP contribution in [0.3, 0.4) is 0 Å². The number of hydrogen-bond donors (Lipinski definition) is 1. The highest BCUT2D eigenvalue weighted by Crippen LogP contribution is 2.39. The molecule has 5 rings (SSSR count). The molecule has 5 heterocycles. The van der Waals surface area contributed by atoms with Crippen LogP contribution in [0.2, 0.25) is 0 Å². The average molecular weight is 484 g/mol. The third-order valence-corrected chi connectivity index (χ3v) is 6.29. The zero-order chi connectivity index (χ0) is 24.8. The number of nitrogens with zero attached hydrogens (tertiary/aromatic N) is 4. The Morgan fingerprint density at radius 2 is 2.09 bits per heavy atom. The Kier molecular flexibility index (Phi) is 5.76. The molecule has 2 aromatic rings. The molecule has 2 unspecified atom stereocenters. The minimum absolute atomic E-state index is 0.0647. The van der Waals surface area contributed by atoms with Crippen LogP contribution >= 0.6 is 0 Å². The number of ether oxygens (including phenoxy) is 4. The molecule has 3 aliphatic heterocycles.